The molecule has 0 spiro atoms. The molecule has 4 N–H and O–H groups in total. The van der Waals surface area contributed by atoms with Gasteiger partial charge in [-0.15, -0.1) is 0 Å². The molecule has 176 valence electrons. The second-order valence-corrected chi connectivity index (χ2v) is 10.6. The minimum absolute atomic E-state index is 0. The summed E-state index contributed by atoms with van der Waals surface area (Å²) < 4.78 is 0. The molecule has 0 aromatic rings. The first-order valence-electron chi connectivity index (χ1n) is 10.5. The summed E-state index contributed by atoms with van der Waals surface area (Å²) in [7, 11) is 0. The highest BCUT2D eigenvalue weighted by Gasteiger charge is 2.35. The Balaban J connectivity index is 0. The quantitative estimate of drug-likeness (QED) is 0.280. The minimum Gasteiger partial charge on any atom is -0.326 e. The summed E-state index contributed by atoms with van der Waals surface area (Å²) >= 11 is 0. The fourth-order valence-corrected chi connectivity index (χ4v) is 4.32. The van der Waals surface area contributed by atoms with Crippen LogP contribution in [0.1, 0.15) is 94.9 Å². The molecule has 2 rings (SSSR count). The highest BCUT2D eigenvalue weighted by Crippen LogP contribution is 2.40. The third-order valence-electron chi connectivity index (χ3n) is 6.59. The van der Waals surface area contributed by atoms with Gasteiger partial charge < -0.3 is 11.5 Å². The molecule has 0 bridgehead atoms. The lowest BCUT2D eigenvalue weighted by Gasteiger charge is -2.39. The van der Waals surface area contributed by atoms with E-state index in [0.29, 0.717) is 11.3 Å². The van der Waals surface area contributed by atoms with E-state index in [4.69, 9.17) is 22.5 Å². The second-order valence-electron chi connectivity index (χ2n) is 10.6. The van der Waals surface area contributed by atoms with Crippen LogP contribution in [0.2, 0.25) is 0 Å². The Kier molecular flexibility index (Phi) is 13.4. The monoisotopic (exact) mass is 424 g/mol. The van der Waals surface area contributed by atoms with Crippen LogP contribution in [0.5, 0.6) is 0 Å². The Hall–Kier alpha value is -1.46. The molecule has 0 amide bonds. The van der Waals surface area contributed by atoms with Crippen molar-refractivity contribution in [2.24, 2.45) is 44.4 Å². The molecule has 0 aliphatic heterocycles. The number of nitrogens with two attached hydrogens (primary N) is 2. The molecule has 0 saturated heterocycles. The maximum absolute atomic E-state index is 8.52. The minimum atomic E-state index is -0.182. The summed E-state index contributed by atoms with van der Waals surface area (Å²) in [5.41, 5.74) is 29.4. The first kappa shape index (κ1) is 30.7. The Morgan fingerprint density at radius 2 is 1.10 bits per heavy atom. The molecule has 30 heavy (non-hydrogen) atoms. The van der Waals surface area contributed by atoms with E-state index in [0.717, 1.165) is 38.0 Å². The smallest absolute Gasteiger partial charge is 0.0461 e. The lowest BCUT2D eigenvalue weighted by molar-refractivity contribution is 0.155. The SMILES string of the molecule is C.C.CC(C)(C)C1CCC(N)C(N)C1.CC(C)(C)C1CCC(N=[N+]=[N-])C(N=[N+]=[N-])C1. The lowest BCUT2D eigenvalue weighted by Crippen LogP contribution is -2.47. The molecule has 2 fully saturated rings. The molecule has 6 atom stereocenters. The van der Waals surface area contributed by atoms with Crippen LogP contribution in [0.15, 0.2) is 10.2 Å². The predicted molar refractivity (Wildman–Crippen MR) is 129 cm³/mol. The number of azide groups is 2. The van der Waals surface area contributed by atoms with Gasteiger partial charge in [0.15, 0.2) is 0 Å². The van der Waals surface area contributed by atoms with Gasteiger partial charge in [0.05, 0.1) is 0 Å². The molecule has 2 aliphatic carbocycles. The summed E-state index contributed by atoms with van der Waals surface area (Å²) in [6, 6.07) is 0.116. The second kappa shape index (κ2) is 13.1. The lowest BCUT2D eigenvalue weighted by atomic mass is 9.70. The van der Waals surface area contributed by atoms with Crippen LogP contribution in [-0.2, 0) is 0 Å². The van der Waals surface area contributed by atoms with Crippen LogP contribution in [-0.4, -0.2) is 24.2 Å². The van der Waals surface area contributed by atoms with Gasteiger partial charge in [0, 0.05) is 34.0 Å². The summed E-state index contributed by atoms with van der Waals surface area (Å²) in [6.07, 6.45) is 6.11. The molecule has 0 aromatic carbocycles. The van der Waals surface area contributed by atoms with Crippen LogP contribution >= 0.6 is 0 Å². The van der Waals surface area contributed by atoms with Crippen LogP contribution in [0.3, 0.4) is 0 Å². The maximum Gasteiger partial charge on any atom is 0.0461 e. The average molecular weight is 425 g/mol. The van der Waals surface area contributed by atoms with Gasteiger partial charge in [0.2, 0.25) is 0 Å². The first-order valence-corrected chi connectivity index (χ1v) is 10.5. The third-order valence-corrected chi connectivity index (χ3v) is 6.59. The molecule has 6 unspecified atom stereocenters. The van der Waals surface area contributed by atoms with Crippen molar-refractivity contribution in [3.8, 4) is 0 Å². The number of rotatable bonds is 2. The predicted octanol–water partition coefficient (Wildman–Crippen LogP) is 6.95. The molecule has 0 radical (unpaired) electrons. The van der Waals surface area contributed by atoms with Crippen molar-refractivity contribution < 1.29 is 0 Å². The summed E-state index contributed by atoms with van der Waals surface area (Å²) in [4.78, 5) is 5.67. The topological polar surface area (TPSA) is 150 Å². The molecule has 2 saturated carbocycles. The third kappa shape index (κ3) is 9.57. The van der Waals surface area contributed by atoms with Crippen molar-refractivity contribution in [2.75, 3.05) is 0 Å². The zero-order valence-electron chi connectivity index (χ0n) is 18.5. The van der Waals surface area contributed by atoms with Gasteiger partial charge in [-0.3, -0.25) is 0 Å². The molecular formula is C22H48N8. The van der Waals surface area contributed by atoms with Crippen LogP contribution in [0.25, 0.3) is 20.9 Å². The van der Waals surface area contributed by atoms with Gasteiger partial charge in [0.25, 0.3) is 0 Å². The maximum atomic E-state index is 8.52. The zero-order chi connectivity index (χ0) is 21.5. The van der Waals surface area contributed by atoms with Gasteiger partial charge in [-0.1, -0.05) is 66.6 Å². The van der Waals surface area contributed by atoms with Crippen molar-refractivity contribution >= 4 is 0 Å². The van der Waals surface area contributed by atoms with E-state index in [2.05, 4.69) is 61.6 Å². The van der Waals surface area contributed by atoms with E-state index < -0.39 is 0 Å². The van der Waals surface area contributed by atoms with E-state index >= 15 is 0 Å². The molecule has 0 aromatic heterocycles. The highest BCUT2D eigenvalue weighted by atomic mass is 15.2. The van der Waals surface area contributed by atoms with Crippen LogP contribution in [0, 0.1) is 22.7 Å². The van der Waals surface area contributed by atoms with Crippen molar-refractivity contribution in [3.63, 3.8) is 0 Å². The fourth-order valence-electron chi connectivity index (χ4n) is 4.32. The molecule has 2 aliphatic rings. The molecule has 8 heteroatoms. The van der Waals surface area contributed by atoms with Crippen molar-refractivity contribution in [1.82, 2.24) is 0 Å². The Morgan fingerprint density at radius 3 is 1.53 bits per heavy atom. The highest BCUT2D eigenvalue weighted by molar-refractivity contribution is 4.93. The molecular weight excluding hydrogens is 376 g/mol. The van der Waals surface area contributed by atoms with Crippen molar-refractivity contribution in [2.45, 2.75) is 119 Å². The molecule has 8 nitrogen and oxygen atoms in total. The van der Waals surface area contributed by atoms with E-state index in [1.807, 2.05) is 0 Å². The summed E-state index contributed by atoms with van der Waals surface area (Å²) in [5.74, 6) is 1.28. The van der Waals surface area contributed by atoms with Crippen LogP contribution < -0.4 is 11.5 Å². The Labute approximate surface area is 184 Å². The number of hydrogen-bond donors (Lipinski definition) is 2. The zero-order valence-corrected chi connectivity index (χ0v) is 18.5. The number of nitrogens with zero attached hydrogens (tertiary/aromatic N) is 6. The van der Waals surface area contributed by atoms with Gasteiger partial charge in [-0.2, -0.15) is 0 Å². The van der Waals surface area contributed by atoms with Gasteiger partial charge in [-0.25, -0.2) is 0 Å². The number of hydrogen-bond acceptors (Lipinski definition) is 4. The van der Waals surface area contributed by atoms with E-state index in [1.54, 1.807) is 0 Å². The van der Waals surface area contributed by atoms with Gasteiger partial charge in [0.1, 0.15) is 0 Å². The van der Waals surface area contributed by atoms with Gasteiger partial charge in [-0.05, 0) is 72.3 Å². The Bertz CT molecular complexity index is 579. The normalized spacial score (nSPS) is 31.3. The standard InChI is InChI=1S/C10H18N6.C10H22N2.2CH4/c1-10(2,3)7-4-5-8(13-15-11)9(6-7)14-16-12;1-10(2,3)7-4-5-8(11)9(12)6-7;;/h7-9H,4-6H2,1-3H3;7-9H,4-6,11-12H2,1-3H3;2*1H4. The summed E-state index contributed by atoms with van der Waals surface area (Å²) in [6.45, 7) is 13.5. The van der Waals surface area contributed by atoms with Gasteiger partial charge >= 0.3 is 0 Å². The average Bonchev–Trinajstić information content (AvgIpc) is 2.58. The summed E-state index contributed by atoms with van der Waals surface area (Å²) in [5, 5.41) is 7.48. The van der Waals surface area contributed by atoms with Crippen molar-refractivity contribution in [1.29, 1.82) is 0 Å². The Morgan fingerprint density at radius 1 is 0.667 bits per heavy atom. The molecule has 0 heterocycles. The van der Waals surface area contributed by atoms with Crippen LogP contribution in [0.4, 0.5) is 0 Å². The largest absolute Gasteiger partial charge is 0.326 e. The first-order chi connectivity index (χ1) is 12.9. The fraction of sp³-hybridized carbons (Fsp3) is 1.00. The van der Waals surface area contributed by atoms with E-state index in [-0.39, 0.29) is 44.4 Å². The van der Waals surface area contributed by atoms with E-state index in [9.17, 15) is 0 Å². The van der Waals surface area contributed by atoms with Crippen molar-refractivity contribution in [3.05, 3.63) is 20.9 Å². The van der Waals surface area contributed by atoms with E-state index in [1.165, 1.54) is 6.42 Å².